The Morgan fingerprint density at radius 1 is 1.13 bits per heavy atom. The summed E-state index contributed by atoms with van der Waals surface area (Å²) in [5.74, 6) is 0.245. The van der Waals surface area contributed by atoms with Gasteiger partial charge in [0.25, 0.3) is 0 Å². The fourth-order valence-corrected chi connectivity index (χ4v) is 2.27. The van der Waals surface area contributed by atoms with E-state index in [1.54, 1.807) is 6.20 Å². The van der Waals surface area contributed by atoms with E-state index in [1.807, 2.05) is 18.2 Å². The molecular weight excluding hydrogens is 186 g/mol. The molecule has 2 nitrogen and oxygen atoms in total. The standard InChI is InChI=1S/C13H11NO/c15-13-7-3-5-9-10-4-1-2-6-12(10)14-8-11(9)13/h1-2,4,6,8H,3,5,7H2. The van der Waals surface area contributed by atoms with Crippen molar-refractivity contribution in [3.05, 3.63) is 41.6 Å². The molecular formula is C13H11NO. The molecule has 0 bridgehead atoms. The monoisotopic (exact) mass is 197 g/mol. The van der Waals surface area contributed by atoms with Crippen LogP contribution < -0.4 is 0 Å². The van der Waals surface area contributed by atoms with Crippen LogP contribution in [0.1, 0.15) is 28.8 Å². The normalized spacial score (nSPS) is 15.3. The lowest BCUT2D eigenvalue weighted by Crippen LogP contribution is -2.11. The first-order chi connectivity index (χ1) is 7.36. The third-order valence-corrected chi connectivity index (χ3v) is 3.02. The largest absolute Gasteiger partial charge is 0.294 e. The lowest BCUT2D eigenvalue weighted by molar-refractivity contribution is 0.0972. The second-order valence-electron chi connectivity index (χ2n) is 3.94. The molecule has 0 saturated carbocycles. The summed E-state index contributed by atoms with van der Waals surface area (Å²) >= 11 is 0. The van der Waals surface area contributed by atoms with Gasteiger partial charge < -0.3 is 0 Å². The number of carbonyl (C=O) groups excluding carboxylic acids is 1. The Kier molecular flexibility index (Phi) is 1.81. The zero-order valence-corrected chi connectivity index (χ0v) is 8.36. The highest BCUT2D eigenvalue weighted by atomic mass is 16.1. The van der Waals surface area contributed by atoms with Crippen LogP contribution >= 0.6 is 0 Å². The highest BCUT2D eigenvalue weighted by Gasteiger charge is 2.19. The molecule has 0 unspecified atom stereocenters. The van der Waals surface area contributed by atoms with Gasteiger partial charge >= 0.3 is 0 Å². The Hall–Kier alpha value is -1.70. The van der Waals surface area contributed by atoms with Crippen LogP contribution in [-0.2, 0) is 6.42 Å². The topological polar surface area (TPSA) is 30.0 Å². The molecule has 1 heterocycles. The van der Waals surface area contributed by atoms with Crippen LogP contribution in [0.5, 0.6) is 0 Å². The number of aryl methyl sites for hydroxylation is 1. The van der Waals surface area contributed by atoms with Gasteiger partial charge in [0.1, 0.15) is 0 Å². The maximum atomic E-state index is 11.7. The second kappa shape index (κ2) is 3.16. The highest BCUT2D eigenvalue weighted by molar-refractivity contribution is 6.02. The van der Waals surface area contributed by atoms with Gasteiger partial charge in [0, 0.05) is 23.6 Å². The quantitative estimate of drug-likeness (QED) is 0.650. The fraction of sp³-hybridized carbons (Fsp3) is 0.231. The van der Waals surface area contributed by atoms with E-state index >= 15 is 0 Å². The predicted molar refractivity (Wildman–Crippen MR) is 59.0 cm³/mol. The molecule has 2 aromatic rings. The first kappa shape index (κ1) is 8.60. The molecule has 1 aromatic carbocycles. The van der Waals surface area contributed by atoms with Crippen LogP contribution in [0.25, 0.3) is 10.9 Å². The maximum absolute atomic E-state index is 11.7. The van der Waals surface area contributed by atoms with Gasteiger partial charge in [0.2, 0.25) is 0 Å². The first-order valence-corrected chi connectivity index (χ1v) is 5.26. The zero-order valence-electron chi connectivity index (χ0n) is 8.36. The van der Waals surface area contributed by atoms with E-state index in [0.717, 1.165) is 29.3 Å². The van der Waals surface area contributed by atoms with Crippen LogP contribution in [0.4, 0.5) is 0 Å². The molecule has 0 radical (unpaired) electrons. The van der Waals surface area contributed by atoms with Crippen molar-refractivity contribution in [1.82, 2.24) is 4.98 Å². The molecule has 0 fully saturated rings. The third kappa shape index (κ3) is 1.25. The number of pyridine rings is 1. The summed E-state index contributed by atoms with van der Waals surface area (Å²) < 4.78 is 0. The number of carbonyl (C=O) groups is 1. The van der Waals surface area contributed by atoms with E-state index < -0.39 is 0 Å². The number of benzene rings is 1. The molecule has 0 spiro atoms. The van der Waals surface area contributed by atoms with Crippen molar-refractivity contribution in [2.75, 3.05) is 0 Å². The molecule has 1 aromatic heterocycles. The van der Waals surface area contributed by atoms with E-state index in [0.29, 0.717) is 6.42 Å². The summed E-state index contributed by atoms with van der Waals surface area (Å²) in [6, 6.07) is 8.03. The fourth-order valence-electron chi connectivity index (χ4n) is 2.27. The minimum absolute atomic E-state index is 0.245. The first-order valence-electron chi connectivity index (χ1n) is 5.26. The Balaban J connectivity index is 2.38. The van der Waals surface area contributed by atoms with Crippen molar-refractivity contribution >= 4 is 16.7 Å². The third-order valence-electron chi connectivity index (χ3n) is 3.02. The van der Waals surface area contributed by atoms with Gasteiger partial charge in [0.05, 0.1) is 5.52 Å². The zero-order chi connectivity index (χ0) is 10.3. The summed E-state index contributed by atoms with van der Waals surface area (Å²) in [4.78, 5) is 16.0. The molecule has 2 heteroatoms. The van der Waals surface area contributed by atoms with Gasteiger partial charge in [-0.1, -0.05) is 18.2 Å². The minimum Gasteiger partial charge on any atom is -0.294 e. The van der Waals surface area contributed by atoms with Crippen molar-refractivity contribution in [3.8, 4) is 0 Å². The van der Waals surface area contributed by atoms with Crippen LogP contribution in [0, 0.1) is 0 Å². The smallest absolute Gasteiger partial charge is 0.164 e. The van der Waals surface area contributed by atoms with Gasteiger partial charge in [-0.25, -0.2) is 0 Å². The number of ketones is 1. The van der Waals surface area contributed by atoms with Crippen molar-refractivity contribution in [3.63, 3.8) is 0 Å². The molecule has 3 rings (SSSR count). The average Bonchev–Trinajstić information content (AvgIpc) is 2.29. The van der Waals surface area contributed by atoms with E-state index in [9.17, 15) is 4.79 Å². The number of para-hydroxylation sites is 1. The van der Waals surface area contributed by atoms with E-state index in [4.69, 9.17) is 0 Å². The number of nitrogens with zero attached hydrogens (tertiary/aromatic N) is 1. The number of fused-ring (bicyclic) bond motifs is 3. The molecule has 0 saturated heterocycles. The Morgan fingerprint density at radius 2 is 2.00 bits per heavy atom. The Morgan fingerprint density at radius 3 is 2.93 bits per heavy atom. The molecule has 15 heavy (non-hydrogen) atoms. The van der Waals surface area contributed by atoms with Gasteiger partial charge in [-0.3, -0.25) is 9.78 Å². The van der Waals surface area contributed by atoms with Crippen molar-refractivity contribution < 1.29 is 4.79 Å². The number of hydrogen-bond donors (Lipinski definition) is 0. The molecule has 0 aliphatic heterocycles. The van der Waals surface area contributed by atoms with Crippen LogP contribution in [-0.4, -0.2) is 10.8 Å². The predicted octanol–water partition coefficient (Wildman–Crippen LogP) is 2.75. The summed E-state index contributed by atoms with van der Waals surface area (Å²) in [5, 5.41) is 1.14. The lowest BCUT2D eigenvalue weighted by atomic mass is 9.89. The summed E-state index contributed by atoms with van der Waals surface area (Å²) in [6.45, 7) is 0. The maximum Gasteiger partial charge on any atom is 0.164 e. The Bertz CT molecular complexity index is 545. The average molecular weight is 197 g/mol. The lowest BCUT2D eigenvalue weighted by Gasteiger charge is -2.15. The van der Waals surface area contributed by atoms with Crippen molar-refractivity contribution in [2.24, 2.45) is 0 Å². The molecule has 1 aliphatic carbocycles. The molecule has 0 N–H and O–H groups in total. The molecule has 1 aliphatic rings. The highest BCUT2D eigenvalue weighted by Crippen LogP contribution is 2.27. The SMILES string of the molecule is O=C1CCCc2c1cnc1ccccc21. The van der Waals surface area contributed by atoms with Gasteiger partial charge in [-0.05, 0) is 24.5 Å². The van der Waals surface area contributed by atoms with Crippen LogP contribution in [0.15, 0.2) is 30.5 Å². The molecule has 0 amide bonds. The number of rotatable bonds is 0. The number of aromatic nitrogens is 1. The van der Waals surface area contributed by atoms with Gasteiger partial charge in [-0.2, -0.15) is 0 Å². The van der Waals surface area contributed by atoms with Gasteiger partial charge in [-0.15, -0.1) is 0 Å². The van der Waals surface area contributed by atoms with Gasteiger partial charge in [0.15, 0.2) is 5.78 Å². The van der Waals surface area contributed by atoms with Crippen LogP contribution in [0.3, 0.4) is 0 Å². The summed E-state index contributed by atoms with van der Waals surface area (Å²) in [6.07, 6.45) is 4.39. The van der Waals surface area contributed by atoms with Crippen molar-refractivity contribution in [2.45, 2.75) is 19.3 Å². The van der Waals surface area contributed by atoms with Crippen LogP contribution in [0.2, 0.25) is 0 Å². The second-order valence-corrected chi connectivity index (χ2v) is 3.94. The van der Waals surface area contributed by atoms with E-state index in [2.05, 4.69) is 11.1 Å². The summed E-state index contributed by atoms with van der Waals surface area (Å²) in [7, 11) is 0. The summed E-state index contributed by atoms with van der Waals surface area (Å²) in [5.41, 5.74) is 3.02. The Labute approximate surface area is 87.9 Å². The molecule has 0 atom stereocenters. The molecule has 74 valence electrons. The van der Waals surface area contributed by atoms with E-state index in [1.165, 1.54) is 5.56 Å². The minimum atomic E-state index is 0.245. The number of hydrogen-bond acceptors (Lipinski definition) is 2. The van der Waals surface area contributed by atoms with Crippen molar-refractivity contribution in [1.29, 1.82) is 0 Å². The van der Waals surface area contributed by atoms with E-state index in [-0.39, 0.29) is 5.78 Å². The number of Topliss-reactive ketones (excluding diaryl/α,β-unsaturated/α-hetero) is 1.